The van der Waals surface area contributed by atoms with E-state index in [1.54, 1.807) is 0 Å². The highest BCUT2D eigenvalue weighted by Crippen LogP contribution is 2.62. The molecule has 13 aromatic carbocycles. The first-order valence-electron chi connectivity index (χ1n) is 48.2. The second-order valence-corrected chi connectivity index (χ2v) is 37.0. The maximum Gasteiger partial charge on any atom is 0.310 e. The zero-order valence-electron chi connectivity index (χ0n) is 73.5. The van der Waals surface area contributed by atoms with E-state index in [-0.39, 0.29) is 0 Å². The molecule has 6 N–H and O–H groups in total. The van der Waals surface area contributed by atoms with Gasteiger partial charge in [0, 0.05) is 0 Å². The molecule has 0 amide bonds. The van der Waals surface area contributed by atoms with Gasteiger partial charge in [0.15, 0.2) is 0 Å². The number of carbonyl (C=O) groups is 6. The average molecular weight is 1630 g/mol. The molecule has 12 nitrogen and oxygen atoms in total. The molecule has 0 spiro atoms. The highest BCUT2D eigenvalue weighted by molar-refractivity contribution is 6.61. The Labute approximate surface area is 711 Å². The van der Waals surface area contributed by atoms with Crippen LogP contribution in [0.1, 0.15) is 419 Å². The van der Waals surface area contributed by atoms with Crippen molar-refractivity contribution in [3.63, 3.8) is 0 Å². The summed E-state index contributed by atoms with van der Waals surface area (Å²) in [6.07, 6.45) is 44.2. The van der Waals surface area contributed by atoms with Gasteiger partial charge in [0.05, 0.1) is 35.5 Å². The Balaban J connectivity index is 1.23. The first-order chi connectivity index (χ1) is 58.4. The van der Waals surface area contributed by atoms with E-state index in [4.69, 9.17) is 0 Å². The molecular formula is C108H138O12. The lowest BCUT2D eigenvalue weighted by atomic mass is 9.71. The molecule has 0 aliphatic rings. The third kappa shape index (κ3) is 18.8. The van der Waals surface area contributed by atoms with Gasteiger partial charge in [-0.3, -0.25) is 28.8 Å². The van der Waals surface area contributed by atoms with Crippen LogP contribution in [0.3, 0.4) is 0 Å². The van der Waals surface area contributed by atoms with Crippen molar-refractivity contribution < 1.29 is 59.4 Å². The molecule has 12 heteroatoms. The van der Waals surface area contributed by atoms with Crippen LogP contribution in [-0.4, -0.2) is 66.5 Å². The highest BCUT2D eigenvalue weighted by atomic mass is 16.4. The zero-order chi connectivity index (χ0) is 84.7. The quantitative estimate of drug-likeness (QED) is 0.0119. The lowest BCUT2D eigenvalue weighted by molar-refractivity contribution is -0.140. The summed E-state index contributed by atoms with van der Waals surface area (Å²) in [7, 11) is 0. The summed E-state index contributed by atoms with van der Waals surface area (Å²) in [6.45, 7) is 13.2. The highest BCUT2D eigenvalue weighted by Gasteiger charge is 2.38. The van der Waals surface area contributed by atoms with Gasteiger partial charge in [-0.05, 0) is 274 Å². The number of rotatable bonds is 60. The molecule has 0 fully saturated rings. The molecule has 642 valence electrons. The minimum absolute atomic E-state index is 0.372. The normalized spacial score (nSPS) is 14.1. The standard InChI is InChI=1S/C108H138O12/c1-7-13-19-25-31-37-43-49-73(103(109)110)67-55-79-81-57-68(74(104(111)112)50-44-38-32-26-20-14-8-2)59-83-85-61-70(76(106(115)116)52-46-40-34-28-22-16-10-4)63-87-89-65-72(78(108(119)120)54-48-42-36-30-24-18-12-6)66-90-88-64-71(77(107(117)118)53-47-41-35-29-23-17-11-5)62-86-84-60-69(75(105(113)114)51-45-39-33-27-21-15-9-3)58-82-80(56-67)91(79)97-98(92(81)83)100(94(85)87)102(96(89)90)101(95(86)88)99(97)93(82)84/h55-66,73-78H,7-54H2,1-6H3,(H,109,110)(H,111,112)(H,113,114)(H,115,116)(H,117,118)(H,119,120). The molecule has 0 bridgehead atoms. The Morgan fingerprint density at radius 2 is 0.267 bits per heavy atom. The fourth-order valence-corrected chi connectivity index (χ4v) is 22.0. The number of aliphatic carboxylic acids is 6. The molecule has 120 heavy (non-hydrogen) atoms. The maximum absolute atomic E-state index is 14.6. The number of carboxylic acid groups (broad SMARTS) is 6. The van der Waals surface area contributed by atoms with Gasteiger partial charge >= 0.3 is 35.8 Å². The van der Waals surface area contributed by atoms with Gasteiger partial charge in [-0.1, -0.05) is 311 Å². The van der Waals surface area contributed by atoms with Crippen LogP contribution in [0.2, 0.25) is 0 Å². The Morgan fingerprint density at radius 1 is 0.167 bits per heavy atom. The third-order valence-corrected chi connectivity index (χ3v) is 28.5. The van der Waals surface area contributed by atoms with Crippen LogP contribution in [0.5, 0.6) is 0 Å². The molecule has 0 radical (unpaired) electrons. The summed E-state index contributed by atoms with van der Waals surface area (Å²) < 4.78 is 0. The van der Waals surface area contributed by atoms with Crippen LogP contribution in [0.15, 0.2) is 72.8 Å². The predicted molar refractivity (Wildman–Crippen MR) is 502 cm³/mol. The van der Waals surface area contributed by atoms with Gasteiger partial charge in [0.25, 0.3) is 0 Å². The molecule has 0 saturated heterocycles. The number of carboxylic acids is 6. The van der Waals surface area contributed by atoms with E-state index in [1.807, 2.05) is 0 Å². The van der Waals surface area contributed by atoms with Crippen LogP contribution in [0, 0.1) is 0 Å². The Bertz CT molecular complexity index is 4510. The van der Waals surface area contributed by atoms with Crippen molar-refractivity contribution in [2.24, 2.45) is 0 Å². The van der Waals surface area contributed by atoms with E-state index in [1.165, 1.54) is 0 Å². The topological polar surface area (TPSA) is 224 Å². The molecule has 0 aliphatic heterocycles. The van der Waals surface area contributed by atoms with Gasteiger partial charge in [-0.2, -0.15) is 0 Å². The van der Waals surface area contributed by atoms with Crippen molar-refractivity contribution in [1.29, 1.82) is 0 Å². The van der Waals surface area contributed by atoms with Crippen LogP contribution < -0.4 is 0 Å². The van der Waals surface area contributed by atoms with E-state index in [2.05, 4.69) is 114 Å². The van der Waals surface area contributed by atoms with Crippen molar-refractivity contribution in [3.8, 4) is 0 Å². The SMILES string of the molecule is CCCCCCCCCC(C(=O)O)c1cc2c3cc(C(CCCCCCCCC)C(=O)O)cc4c5cc(C(CCCCCCCCC)C(=O)O)cc6c7cc(C(CCCCCCCCC)C(=O)O)cc8c9cc(C(CCCCCCCCC)C(=O)O)cc%10c%11cc(C(CCCCCCCCC)C(=O)O)cc%12c(c1)c2c1c(c34)c(c56)c(c78)c(c%109)c1c%12%11. The smallest absolute Gasteiger partial charge is 0.310 e. The Morgan fingerprint density at radius 3 is 0.367 bits per heavy atom. The lowest BCUT2D eigenvalue weighted by Crippen LogP contribution is -2.14. The zero-order valence-corrected chi connectivity index (χ0v) is 73.5. The Kier molecular flexibility index (Phi) is 31.2. The second-order valence-electron chi connectivity index (χ2n) is 37.0. The van der Waals surface area contributed by atoms with E-state index < -0.39 is 71.3 Å². The van der Waals surface area contributed by atoms with Crippen LogP contribution in [-0.2, 0) is 28.8 Å². The molecule has 6 unspecified atom stereocenters. The van der Waals surface area contributed by atoms with E-state index >= 15 is 0 Å². The van der Waals surface area contributed by atoms with Crippen LogP contribution in [0.4, 0.5) is 0 Å². The number of fused-ring (bicyclic) bond motifs is 6. The van der Waals surface area contributed by atoms with E-state index in [9.17, 15) is 59.4 Å². The summed E-state index contributed by atoms with van der Waals surface area (Å²) in [5.74, 6) is -11.4. The fourth-order valence-electron chi connectivity index (χ4n) is 22.0. The van der Waals surface area contributed by atoms with Gasteiger partial charge in [-0.15, -0.1) is 0 Å². The second kappa shape index (κ2) is 42.0. The van der Waals surface area contributed by atoms with Crippen molar-refractivity contribution >= 4 is 165 Å². The summed E-state index contributed by atoms with van der Waals surface area (Å²) >= 11 is 0. The summed E-state index contributed by atoms with van der Waals surface area (Å²) in [5.41, 5.74) is 3.64. The third-order valence-electron chi connectivity index (χ3n) is 28.5. The van der Waals surface area contributed by atoms with Gasteiger partial charge in [0.2, 0.25) is 0 Å². The van der Waals surface area contributed by atoms with E-state index in [0.29, 0.717) is 110 Å². The van der Waals surface area contributed by atoms with Gasteiger partial charge < -0.3 is 30.6 Å². The van der Waals surface area contributed by atoms with Crippen molar-refractivity contribution in [2.75, 3.05) is 0 Å². The molecule has 0 aliphatic carbocycles. The molecule has 0 saturated carbocycles. The average Bonchev–Trinajstić information content (AvgIpc) is 0.640. The summed E-state index contributed by atoms with van der Waals surface area (Å²) in [4.78, 5) is 87.4. The van der Waals surface area contributed by atoms with Crippen LogP contribution >= 0.6 is 0 Å². The fraction of sp³-hybridized carbons (Fsp3) is 0.556. The summed E-state index contributed by atoms with van der Waals surface area (Å²) in [5, 5.41) is 91.7. The molecule has 13 aromatic rings. The number of hydrogen-bond donors (Lipinski definition) is 6. The molecule has 6 atom stereocenters. The number of unbranched alkanes of at least 4 members (excludes halogenated alkanes) is 36. The monoisotopic (exact) mass is 1630 g/mol. The largest absolute Gasteiger partial charge is 0.481 e. The molecule has 0 aromatic heterocycles. The number of hydrogen-bond acceptors (Lipinski definition) is 6. The van der Waals surface area contributed by atoms with Gasteiger partial charge in [0.1, 0.15) is 0 Å². The first-order valence-corrected chi connectivity index (χ1v) is 48.2. The van der Waals surface area contributed by atoms with Gasteiger partial charge in [-0.25, -0.2) is 0 Å². The summed E-state index contributed by atoms with van der Waals surface area (Å²) in [6, 6.07) is 25.3. The van der Waals surface area contributed by atoms with Crippen molar-refractivity contribution in [3.05, 3.63) is 106 Å². The first kappa shape index (κ1) is 89.1. The minimum Gasteiger partial charge on any atom is -0.481 e. The van der Waals surface area contributed by atoms with E-state index in [0.717, 1.165) is 360 Å². The minimum atomic E-state index is -0.956. The molecule has 0 heterocycles. The maximum atomic E-state index is 14.6. The van der Waals surface area contributed by atoms with Crippen LogP contribution in [0.25, 0.3) is 129 Å². The molecule has 13 rings (SSSR count). The van der Waals surface area contributed by atoms with Crippen molar-refractivity contribution in [1.82, 2.24) is 0 Å². The predicted octanol–water partition coefficient (Wildman–Crippen LogP) is 32.0. The molecular weight excluding hydrogens is 1490 g/mol. The Hall–Kier alpha value is -8.64. The lowest BCUT2D eigenvalue weighted by Gasteiger charge is -2.31. The van der Waals surface area contributed by atoms with Crippen molar-refractivity contribution in [2.45, 2.75) is 385 Å². The number of benzene rings is 13.